The number of rotatable bonds is 6. The van der Waals surface area contributed by atoms with Gasteiger partial charge in [-0.05, 0) is 43.3 Å². The van der Waals surface area contributed by atoms with E-state index in [4.69, 9.17) is 4.74 Å². The lowest BCUT2D eigenvalue weighted by molar-refractivity contribution is 0.102. The third kappa shape index (κ3) is 4.35. The number of nitrogens with zero attached hydrogens (tertiary/aromatic N) is 2. The van der Waals surface area contributed by atoms with Crippen LogP contribution in [-0.4, -0.2) is 22.7 Å². The van der Waals surface area contributed by atoms with Crippen molar-refractivity contribution in [1.29, 1.82) is 0 Å². The van der Waals surface area contributed by atoms with Gasteiger partial charge in [-0.25, -0.2) is 8.78 Å². The van der Waals surface area contributed by atoms with Gasteiger partial charge in [0.15, 0.2) is 11.5 Å². The zero-order valence-corrected chi connectivity index (χ0v) is 14.4. The fourth-order valence-corrected chi connectivity index (χ4v) is 2.30. The van der Waals surface area contributed by atoms with Crippen molar-refractivity contribution >= 4 is 23.1 Å². The van der Waals surface area contributed by atoms with Crippen LogP contribution in [0.1, 0.15) is 17.4 Å². The van der Waals surface area contributed by atoms with E-state index in [1.165, 1.54) is 18.2 Å². The number of aromatic nitrogens is 2. The Morgan fingerprint density at radius 1 is 1.00 bits per heavy atom. The number of hydrogen-bond acceptors (Lipinski definition) is 5. The monoisotopic (exact) mass is 370 g/mol. The second-order valence-corrected chi connectivity index (χ2v) is 5.41. The van der Waals surface area contributed by atoms with Crippen LogP contribution in [0.15, 0.2) is 54.6 Å². The van der Waals surface area contributed by atoms with E-state index in [1.807, 2.05) is 6.92 Å². The Kier molecular flexibility index (Phi) is 5.55. The number of benzene rings is 2. The number of hydrogen-bond donors (Lipinski definition) is 2. The first-order valence-electron chi connectivity index (χ1n) is 8.16. The maximum absolute atomic E-state index is 13.7. The molecule has 3 rings (SSSR count). The van der Waals surface area contributed by atoms with Crippen LogP contribution in [-0.2, 0) is 0 Å². The van der Waals surface area contributed by atoms with Gasteiger partial charge in [0.2, 0.25) is 0 Å². The van der Waals surface area contributed by atoms with Gasteiger partial charge in [0.05, 0.1) is 12.3 Å². The summed E-state index contributed by atoms with van der Waals surface area (Å²) in [5, 5.41) is 12.8. The molecule has 3 aromatic rings. The number of carbonyl (C=O) groups is 1. The minimum absolute atomic E-state index is 0.0425. The van der Waals surface area contributed by atoms with Gasteiger partial charge in [-0.15, -0.1) is 10.2 Å². The second-order valence-electron chi connectivity index (χ2n) is 5.41. The van der Waals surface area contributed by atoms with Crippen molar-refractivity contribution in [3.63, 3.8) is 0 Å². The summed E-state index contributed by atoms with van der Waals surface area (Å²) >= 11 is 0. The summed E-state index contributed by atoms with van der Waals surface area (Å²) in [4.78, 5) is 12.3. The second kappa shape index (κ2) is 8.22. The van der Waals surface area contributed by atoms with E-state index in [1.54, 1.807) is 24.3 Å². The average Bonchev–Trinajstić information content (AvgIpc) is 2.67. The third-order valence-corrected chi connectivity index (χ3v) is 3.55. The molecule has 0 aliphatic heterocycles. The first-order valence-corrected chi connectivity index (χ1v) is 8.16. The molecule has 2 N–H and O–H groups in total. The van der Waals surface area contributed by atoms with Crippen LogP contribution in [0.2, 0.25) is 0 Å². The molecule has 27 heavy (non-hydrogen) atoms. The summed E-state index contributed by atoms with van der Waals surface area (Å²) in [6.07, 6.45) is 0. The van der Waals surface area contributed by atoms with Crippen LogP contribution < -0.4 is 15.4 Å². The van der Waals surface area contributed by atoms with Gasteiger partial charge in [-0.2, -0.15) is 0 Å². The van der Waals surface area contributed by atoms with Crippen molar-refractivity contribution < 1.29 is 18.3 Å². The van der Waals surface area contributed by atoms with Crippen molar-refractivity contribution in [2.45, 2.75) is 6.92 Å². The molecule has 6 nitrogen and oxygen atoms in total. The molecule has 0 aliphatic carbocycles. The summed E-state index contributed by atoms with van der Waals surface area (Å²) in [6, 6.07) is 13.3. The lowest BCUT2D eigenvalue weighted by atomic mass is 10.2. The molecular formula is C19H16F2N4O2. The molecule has 0 atom stereocenters. The van der Waals surface area contributed by atoms with Gasteiger partial charge in [0.25, 0.3) is 5.91 Å². The van der Waals surface area contributed by atoms with Crippen molar-refractivity contribution in [3.8, 4) is 5.75 Å². The smallest absolute Gasteiger partial charge is 0.276 e. The van der Waals surface area contributed by atoms with E-state index in [9.17, 15) is 13.6 Å². The largest absolute Gasteiger partial charge is 0.492 e. The summed E-state index contributed by atoms with van der Waals surface area (Å²) in [6.45, 7) is 2.30. The van der Waals surface area contributed by atoms with E-state index in [2.05, 4.69) is 20.8 Å². The summed E-state index contributed by atoms with van der Waals surface area (Å²) < 4.78 is 32.8. The molecular weight excluding hydrogens is 354 g/mol. The lowest BCUT2D eigenvalue weighted by Crippen LogP contribution is -2.15. The number of ether oxygens (including phenoxy) is 1. The van der Waals surface area contributed by atoms with Crippen LogP contribution in [0, 0.1) is 11.6 Å². The molecule has 1 aromatic heterocycles. The number of amides is 1. The minimum Gasteiger partial charge on any atom is -0.492 e. The number of carbonyl (C=O) groups excluding carboxylic acids is 1. The zero-order valence-electron chi connectivity index (χ0n) is 14.4. The normalized spacial score (nSPS) is 10.3. The van der Waals surface area contributed by atoms with E-state index in [0.717, 1.165) is 12.1 Å². The Morgan fingerprint density at radius 3 is 2.41 bits per heavy atom. The molecule has 0 aliphatic rings. The van der Waals surface area contributed by atoms with Crippen LogP contribution in [0.4, 0.5) is 26.0 Å². The van der Waals surface area contributed by atoms with Gasteiger partial charge in [0, 0.05) is 0 Å². The topological polar surface area (TPSA) is 76.1 Å². The van der Waals surface area contributed by atoms with Crippen LogP contribution in [0.25, 0.3) is 0 Å². The highest BCUT2D eigenvalue weighted by atomic mass is 19.1. The highest BCUT2D eigenvalue weighted by molar-refractivity contribution is 6.03. The molecule has 138 valence electrons. The van der Waals surface area contributed by atoms with E-state index < -0.39 is 17.5 Å². The summed E-state index contributed by atoms with van der Waals surface area (Å²) in [7, 11) is 0. The maximum Gasteiger partial charge on any atom is 0.276 e. The zero-order chi connectivity index (χ0) is 19.2. The summed E-state index contributed by atoms with van der Waals surface area (Å²) in [5.74, 6) is -1.37. The number of halogens is 2. The highest BCUT2D eigenvalue weighted by Gasteiger charge is 2.13. The van der Waals surface area contributed by atoms with E-state index in [-0.39, 0.29) is 17.2 Å². The van der Waals surface area contributed by atoms with Crippen molar-refractivity contribution in [1.82, 2.24) is 10.2 Å². The molecule has 0 spiro atoms. The van der Waals surface area contributed by atoms with Crippen molar-refractivity contribution in [2.24, 2.45) is 0 Å². The molecule has 0 bridgehead atoms. The average molecular weight is 370 g/mol. The van der Waals surface area contributed by atoms with E-state index in [0.29, 0.717) is 18.0 Å². The molecule has 2 aromatic carbocycles. The fraction of sp³-hybridized carbons (Fsp3) is 0.105. The Balaban J connectivity index is 1.73. The Bertz CT molecular complexity index is 928. The molecule has 0 unspecified atom stereocenters. The SMILES string of the molecule is CCOc1ccccc1NC(=O)c1ccc(Nc2c(F)cccc2F)nn1. The van der Waals surface area contributed by atoms with Crippen molar-refractivity contribution in [2.75, 3.05) is 17.2 Å². The molecule has 8 heteroatoms. The quantitative estimate of drug-likeness (QED) is 0.682. The Morgan fingerprint density at radius 2 is 1.74 bits per heavy atom. The third-order valence-electron chi connectivity index (χ3n) is 3.55. The molecule has 1 heterocycles. The van der Waals surface area contributed by atoms with Crippen LogP contribution in [0.3, 0.4) is 0 Å². The van der Waals surface area contributed by atoms with Crippen LogP contribution >= 0.6 is 0 Å². The molecule has 0 saturated heterocycles. The molecule has 0 radical (unpaired) electrons. The van der Waals surface area contributed by atoms with Gasteiger partial charge >= 0.3 is 0 Å². The van der Waals surface area contributed by atoms with Gasteiger partial charge < -0.3 is 15.4 Å². The standard InChI is InChI=1S/C19H16F2N4O2/c1-2-27-16-9-4-3-8-14(16)22-19(26)15-10-11-17(25-24-15)23-18-12(20)6-5-7-13(18)21/h3-11H,2H2,1H3,(H,22,26)(H,23,25). The van der Waals surface area contributed by atoms with E-state index >= 15 is 0 Å². The molecule has 0 fully saturated rings. The predicted octanol–water partition coefficient (Wildman–Crippen LogP) is 4.15. The van der Waals surface area contributed by atoms with Gasteiger partial charge in [0.1, 0.15) is 23.1 Å². The van der Waals surface area contributed by atoms with Crippen molar-refractivity contribution in [3.05, 3.63) is 71.9 Å². The van der Waals surface area contributed by atoms with Gasteiger partial charge in [-0.1, -0.05) is 18.2 Å². The van der Waals surface area contributed by atoms with Crippen LogP contribution in [0.5, 0.6) is 5.75 Å². The predicted molar refractivity (Wildman–Crippen MR) is 97.2 cm³/mol. The minimum atomic E-state index is -0.758. The maximum atomic E-state index is 13.7. The number of nitrogens with one attached hydrogen (secondary N) is 2. The number of para-hydroxylation sites is 3. The first-order chi connectivity index (χ1) is 13.1. The first kappa shape index (κ1) is 18.2. The molecule has 1 amide bonds. The Hall–Kier alpha value is -3.55. The van der Waals surface area contributed by atoms with Gasteiger partial charge in [-0.3, -0.25) is 4.79 Å². The fourth-order valence-electron chi connectivity index (χ4n) is 2.30. The highest BCUT2D eigenvalue weighted by Crippen LogP contribution is 2.24. The number of anilines is 3. The Labute approximate surface area is 154 Å². The summed E-state index contributed by atoms with van der Waals surface area (Å²) in [5.41, 5.74) is 0.206. The lowest BCUT2D eigenvalue weighted by Gasteiger charge is -2.11. The molecule has 0 saturated carbocycles.